The molecular weight excluding hydrogens is 509 g/mol. The summed E-state index contributed by atoms with van der Waals surface area (Å²) in [7, 11) is 0. The van der Waals surface area contributed by atoms with Gasteiger partial charge in [0, 0.05) is 49.0 Å². The molecular formula is C30H32FN7O2. The summed E-state index contributed by atoms with van der Waals surface area (Å²) in [6.45, 7) is 5.70. The summed E-state index contributed by atoms with van der Waals surface area (Å²) in [4.78, 5) is 39.7. The van der Waals surface area contributed by atoms with Crippen molar-refractivity contribution in [3.63, 3.8) is 0 Å². The second-order valence-electron chi connectivity index (χ2n) is 10.5. The highest BCUT2D eigenvalue weighted by Gasteiger charge is 2.42. The van der Waals surface area contributed by atoms with E-state index in [2.05, 4.69) is 35.8 Å². The number of anilines is 4. The quantitative estimate of drug-likeness (QED) is 0.266. The van der Waals surface area contributed by atoms with E-state index in [-0.39, 0.29) is 22.4 Å². The van der Waals surface area contributed by atoms with Gasteiger partial charge in [0.2, 0.25) is 5.91 Å². The molecule has 1 saturated heterocycles. The van der Waals surface area contributed by atoms with Crippen molar-refractivity contribution in [2.75, 3.05) is 41.7 Å². The number of carbonyl (C=O) groups is 1. The second kappa shape index (κ2) is 10.7. The van der Waals surface area contributed by atoms with Gasteiger partial charge >= 0.3 is 0 Å². The van der Waals surface area contributed by atoms with Crippen LogP contribution < -0.4 is 26.4 Å². The van der Waals surface area contributed by atoms with Crippen molar-refractivity contribution in [1.82, 2.24) is 20.3 Å². The van der Waals surface area contributed by atoms with Crippen molar-refractivity contribution in [2.45, 2.75) is 32.6 Å². The molecule has 3 aromatic heterocycles. The van der Waals surface area contributed by atoms with E-state index in [0.717, 1.165) is 57.5 Å². The van der Waals surface area contributed by atoms with Crippen molar-refractivity contribution >= 4 is 39.7 Å². The van der Waals surface area contributed by atoms with Gasteiger partial charge in [0.05, 0.1) is 34.2 Å². The Bertz CT molecular complexity index is 1600. The molecule has 6 rings (SSSR count). The third kappa shape index (κ3) is 4.90. The lowest BCUT2D eigenvalue weighted by Gasteiger charge is -2.39. The summed E-state index contributed by atoms with van der Waals surface area (Å²) >= 11 is 0. The fraction of sp³-hybridized carbons (Fsp3) is 0.333. The van der Waals surface area contributed by atoms with Gasteiger partial charge in [-0.3, -0.25) is 9.59 Å². The number of hydrogen-bond donors (Lipinski definition) is 4. The van der Waals surface area contributed by atoms with E-state index in [4.69, 9.17) is 0 Å². The standard InChI is InChI=1S/C30H32FN7O2/c1-2-30(9-3-10-30)29(40)35-19-4-6-21(22(31)16-19)24-17-25(27-23(36-24)8-11-33-28(27)39)37-26-7-5-20(18-34-26)38-14-12-32-13-15-38/h4-8,11,16-18,32H,2-3,9-10,12-15H2,1H3,(H,33,39)(H,35,40)(H,34,36,37). The minimum atomic E-state index is -0.516. The van der Waals surface area contributed by atoms with Crippen LogP contribution in [-0.2, 0) is 4.79 Å². The van der Waals surface area contributed by atoms with E-state index in [0.29, 0.717) is 33.8 Å². The maximum absolute atomic E-state index is 15.4. The summed E-state index contributed by atoms with van der Waals surface area (Å²) in [5, 5.41) is 9.83. The van der Waals surface area contributed by atoms with Gasteiger partial charge in [0.25, 0.3) is 5.56 Å². The zero-order valence-electron chi connectivity index (χ0n) is 22.4. The summed E-state index contributed by atoms with van der Waals surface area (Å²) < 4.78 is 15.4. The number of benzene rings is 1. The van der Waals surface area contributed by atoms with E-state index in [1.54, 1.807) is 30.5 Å². The van der Waals surface area contributed by atoms with Crippen molar-refractivity contribution in [3.8, 4) is 11.3 Å². The summed E-state index contributed by atoms with van der Waals surface area (Å²) in [6, 6.07) is 11.8. The molecule has 0 bridgehead atoms. The Hall–Kier alpha value is -4.31. The smallest absolute Gasteiger partial charge is 0.259 e. The molecule has 1 aliphatic carbocycles. The van der Waals surface area contributed by atoms with Gasteiger partial charge in [-0.25, -0.2) is 14.4 Å². The zero-order valence-corrected chi connectivity index (χ0v) is 22.4. The first-order valence-electron chi connectivity index (χ1n) is 13.8. The van der Waals surface area contributed by atoms with Crippen LogP contribution in [0.3, 0.4) is 0 Å². The number of nitrogens with one attached hydrogen (secondary N) is 4. The van der Waals surface area contributed by atoms with Crippen LogP contribution in [0.1, 0.15) is 32.6 Å². The van der Waals surface area contributed by atoms with Crippen molar-refractivity contribution in [2.24, 2.45) is 5.41 Å². The predicted molar refractivity (Wildman–Crippen MR) is 156 cm³/mol. The molecule has 0 radical (unpaired) electrons. The fourth-order valence-corrected chi connectivity index (χ4v) is 5.55. The van der Waals surface area contributed by atoms with Gasteiger partial charge in [-0.15, -0.1) is 0 Å². The summed E-state index contributed by atoms with van der Waals surface area (Å²) in [6.07, 6.45) is 6.85. The predicted octanol–water partition coefficient (Wildman–Crippen LogP) is 4.80. The lowest BCUT2D eigenvalue weighted by molar-refractivity contribution is -0.130. The van der Waals surface area contributed by atoms with Gasteiger partial charge < -0.3 is 25.8 Å². The molecule has 2 aliphatic rings. The van der Waals surface area contributed by atoms with E-state index in [1.165, 1.54) is 12.3 Å². The van der Waals surface area contributed by atoms with Gasteiger partial charge in [0.1, 0.15) is 11.6 Å². The molecule has 1 amide bonds. The Balaban J connectivity index is 1.30. The van der Waals surface area contributed by atoms with Crippen LogP contribution in [0.15, 0.2) is 59.7 Å². The number of H-pyrrole nitrogens is 1. The Kier molecular flexibility index (Phi) is 6.93. The number of rotatable bonds is 7. The maximum atomic E-state index is 15.4. The number of halogens is 1. The number of pyridine rings is 3. The molecule has 4 N–H and O–H groups in total. The van der Waals surface area contributed by atoms with Crippen molar-refractivity contribution in [3.05, 3.63) is 71.0 Å². The number of fused-ring (bicyclic) bond motifs is 1. The van der Waals surface area contributed by atoms with Crippen LogP contribution >= 0.6 is 0 Å². The third-order valence-electron chi connectivity index (χ3n) is 8.19. The molecule has 2 fully saturated rings. The van der Waals surface area contributed by atoms with Gasteiger partial charge in [0.15, 0.2) is 0 Å². The summed E-state index contributed by atoms with van der Waals surface area (Å²) in [5.41, 5.74) is 2.30. The normalized spacial score (nSPS) is 16.4. The Morgan fingerprint density at radius 1 is 1.12 bits per heavy atom. The Morgan fingerprint density at radius 3 is 2.62 bits per heavy atom. The van der Waals surface area contributed by atoms with Crippen LogP contribution in [0.25, 0.3) is 22.2 Å². The van der Waals surface area contributed by atoms with E-state index >= 15 is 4.39 Å². The zero-order chi connectivity index (χ0) is 27.7. The molecule has 1 aliphatic heterocycles. The number of nitrogens with zero attached hydrogens (tertiary/aromatic N) is 3. The molecule has 0 spiro atoms. The highest BCUT2D eigenvalue weighted by molar-refractivity contribution is 5.97. The monoisotopic (exact) mass is 541 g/mol. The molecule has 1 aromatic carbocycles. The lowest BCUT2D eigenvalue weighted by atomic mass is 9.66. The van der Waals surface area contributed by atoms with Gasteiger partial charge in [-0.05, 0) is 61.7 Å². The molecule has 4 heterocycles. The Morgan fingerprint density at radius 2 is 1.95 bits per heavy atom. The highest BCUT2D eigenvalue weighted by Crippen LogP contribution is 2.44. The van der Waals surface area contributed by atoms with Crippen LogP contribution in [0.4, 0.5) is 27.3 Å². The molecule has 1 saturated carbocycles. The van der Waals surface area contributed by atoms with Crippen molar-refractivity contribution in [1.29, 1.82) is 0 Å². The number of carbonyl (C=O) groups excluding carboxylic acids is 1. The second-order valence-corrected chi connectivity index (χ2v) is 10.5. The first kappa shape index (κ1) is 25.9. The number of hydrogen-bond acceptors (Lipinski definition) is 7. The number of amides is 1. The molecule has 9 nitrogen and oxygen atoms in total. The van der Waals surface area contributed by atoms with Gasteiger partial charge in [-0.1, -0.05) is 13.3 Å². The largest absolute Gasteiger partial charge is 0.368 e. The number of aromatic nitrogens is 3. The number of piperazine rings is 1. The number of aromatic amines is 1. The molecule has 0 atom stereocenters. The van der Waals surface area contributed by atoms with Crippen molar-refractivity contribution < 1.29 is 9.18 Å². The van der Waals surface area contributed by atoms with E-state index < -0.39 is 5.82 Å². The van der Waals surface area contributed by atoms with E-state index in [1.807, 2.05) is 19.1 Å². The maximum Gasteiger partial charge on any atom is 0.259 e. The first-order chi connectivity index (χ1) is 19.5. The topological polar surface area (TPSA) is 115 Å². The van der Waals surface area contributed by atoms with Crippen LogP contribution in [0, 0.1) is 11.2 Å². The lowest BCUT2D eigenvalue weighted by Crippen LogP contribution is -2.43. The van der Waals surface area contributed by atoms with Crippen LogP contribution in [-0.4, -0.2) is 47.0 Å². The first-order valence-corrected chi connectivity index (χ1v) is 13.8. The van der Waals surface area contributed by atoms with Crippen LogP contribution in [0.2, 0.25) is 0 Å². The molecule has 4 aromatic rings. The fourth-order valence-electron chi connectivity index (χ4n) is 5.55. The van der Waals surface area contributed by atoms with Gasteiger partial charge in [-0.2, -0.15) is 0 Å². The SMILES string of the molecule is CCC1(C(=O)Nc2ccc(-c3cc(Nc4ccc(N5CCNCC5)cn4)c4c(=O)[nH]ccc4n3)c(F)c2)CCC1. The van der Waals surface area contributed by atoms with E-state index in [9.17, 15) is 9.59 Å². The molecule has 40 heavy (non-hydrogen) atoms. The summed E-state index contributed by atoms with van der Waals surface area (Å²) in [5.74, 6) is -0.0171. The highest BCUT2D eigenvalue weighted by atomic mass is 19.1. The Labute approximate surface area is 231 Å². The molecule has 206 valence electrons. The average molecular weight is 542 g/mol. The minimum Gasteiger partial charge on any atom is -0.368 e. The molecule has 0 unspecified atom stereocenters. The minimum absolute atomic E-state index is 0.0570. The average Bonchev–Trinajstić information content (AvgIpc) is 2.94. The molecule has 10 heteroatoms. The third-order valence-corrected chi connectivity index (χ3v) is 8.19. The van der Waals surface area contributed by atoms with Crippen LogP contribution in [0.5, 0.6) is 0 Å².